The van der Waals surface area contributed by atoms with Gasteiger partial charge in [-0.05, 0) is 57.4 Å². The van der Waals surface area contributed by atoms with Crippen LogP contribution in [-0.4, -0.2) is 28.9 Å². The lowest BCUT2D eigenvalue weighted by Gasteiger charge is -2.39. The average Bonchev–Trinajstić information content (AvgIpc) is 2.41. The number of nitrogens with zero attached hydrogens (tertiary/aromatic N) is 3. The summed E-state index contributed by atoms with van der Waals surface area (Å²) in [6.07, 6.45) is 3.46. The second kappa shape index (κ2) is 6.80. The lowest BCUT2D eigenvalue weighted by molar-refractivity contribution is 0.189. The van der Waals surface area contributed by atoms with E-state index in [-0.39, 0.29) is 5.96 Å². The van der Waals surface area contributed by atoms with Crippen molar-refractivity contribution < 1.29 is 0 Å². The van der Waals surface area contributed by atoms with Gasteiger partial charge in [-0.25, -0.2) is 4.99 Å². The molecular formula is C15H22ClN5. The first-order valence-electron chi connectivity index (χ1n) is 7.19. The number of aliphatic imine (C=N–C) groups is 2. The summed E-state index contributed by atoms with van der Waals surface area (Å²) in [5.41, 5.74) is 12.7. The predicted octanol–water partition coefficient (Wildman–Crippen LogP) is 2.86. The molecule has 4 N–H and O–H groups in total. The fraction of sp³-hybridized carbons (Fsp3) is 0.467. The fourth-order valence-corrected chi connectivity index (χ4v) is 2.85. The molecule has 0 amide bonds. The molecule has 1 aliphatic rings. The molecule has 1 aromatic carbocycles. The van der Waals surface area contributed by atoms with Gasteiger partial charge >= 0.3 is 0 Å². The first-order chi connectivity index (χ1) is 9.97. The van der Waals surface area contributed by atoms with Crippen LogP contribution in [0.3, 0.4) is 0 Å². The van der Waals surface area contributed by atoms with Gasteiger partial charge in [0.1, 0.15) is 0 Å². The number of piperidine rings is 1. The van der Waals surface area contributed by atoms with Crippen LogP contribution in [0.25, 0.3) is 0 Å². The molecule has 1 fully saturated rings. The van der Waals surface area contributed by atoms with Crippen molar-refractivity contribution in [2.24, 2.45) is 21.5 Å². The van der Waals surface area contributed by atoms with E-state index in [1.165, 1.54) is 6.42 Å². The maximum Gasteiger partial charge on any atom is 0.223 e. The third-order valence-electron chi connectivity index (χ3n) is 3.76. The first kappa shape index (κ1) is 15.6. The standard InChI is InChI=1S/C15H22ClN5/c1-10-4-3-5-11(2)21(10)15(18)20-14(17)19-13-8-6-12(16)7-9-13/h6-11H,3-5H2,1-2H3,(H4,17,18,19,20). The normalized spacial score (nSPS) is 24.2. The SMILES string of the molecule is CC1CCCC(C)N1C(N)=NC(N)=Nc1ccc(Cl)cc1. The number of halogens is 1. The minimum absolute atomic E-state index is 0.153. The van der Waals surface area contributed by atoms with Crippen LogP contribution in [0, 0.1) is 0 Å². The van der Waals surface area contributed by atoms with Crippen molar-refractivity contribution in [3.05, 3.63) is 29.3 Å². The molecular weight excluding hydrogens is 286 g/mol. The van der Waals surface area contributed by atoms with Crippen molar-refractivity contribution >= 4 is 29.2 Å². The summed E-state index contributed by atoms with van der Waals surface area (Å²) >= 11 is 5.83. The Hall–Kier alpha value is -1.75. The van der Waals surface area contributed by atoms with E-state index in [1.54, 1.807) is 24.3 Å². The topological polar surface area (TPSA) is 80.0 Å². The van der Waals surface area contributed by atoms with Crippen molar-refractivity contribution in [3.63, 3.8) is 0 Å². The molecule has 0 aromatic heterocycles. The van der Waals surface area contributed by atoms with Crippen LogP contribution in [0.15, 0.2) is 34.3 Å². The van der Waals surface area contributed by atoms with Crippen molar-refractivity contribution in [1.29, 1.82) is 0 Å². The highest BCUT2D eigenvalue weighted by atomic mass is 35.5. The van der Waals surface area contributed by atoms with Crippen LogP contribution >= 0.6 is 11.6 Å². The van der Waals surface area contributed by atoms with Crippen molar-refractivity contribution in [3.8, 4) is 0 Å². The molecule has 5 nitrogen and oxygen atoms in total. The summed E-state index contributed by atoms with van der Waals surface area (Å²) in [4.78, 5) is 10.6. The molecule has 1 aliphatic heterocycles. The Bertz CT molecular complexity index is 527. The Labute approximate surface area is 130 Å². The zero-order valence-corrected chi connectivity index (χ0v) is 13.2. The molecule has 0 aliphatic carbocycles. The number of benzene rings is 1. The van der Waals surface area contributed by atoms with Gasteiger partial charge in [0.15, 0.2) is 5.96 Å². The van der Waals surface area contributed by atoms with E-state index in [4.69, 9.17) is 23.1 Å². The molecule has 0 bridgehead atoms. The highest BCUT2D eigenvalue weighted by molar-refractivity contribution is 6.30. The molecule has 1 aromatic rings. The van der Waals surface area contributed by atoms with Crippen LogP contribution in [0.5, 0.6) is 0 Å². The number of likely N-dealkylation sites (tertiary alicyclic amines) is 1. The van der Waals surface area contributed by atoms with E-state index in [2.05, 4.69) is 28.7 Å². The molecule has 114 valence electrons. The summed E-state index contributed by atoms with van der Waals surface area (Å²) in [7, 11) is 0. The number of rotatable bonds is 1. The summed E-state index contributed by atoms with van der Waals surface area (Å²) in [5, 5.41) is 0.659. The highest BCUT2D eigenvalue weighted by Crippen LogP contribution is 2.22. The maximum atomic E-state index is 6.10. The minimum Gasteiger partial charge on any atom is -0.369 e. The first-order valence-corrected chi connectivity index (χ1v) is 7.57. The number of nitrogens with two attached hydrogens (primary N) is 2. The Morgan fingerprint density at radius 3 is 2.29 bits per heavy atom. The van der Waals surface area contributed by atoms with Crippen molar-refractivity contribution in [1.82, 2.24) is 4.90 Å². The third kappa shape index (κ3) is 4.11. The minimum atomic E-state index is 0.153. The average molecular weight is 308 g/mol. The van der Waals surface area contributed by atoms with E-state index in [1.807, 2.05) is 0 Å². The number of hydrogen-bond donors (Lipinski definition) is 2. The van der Waals surface area contributed by atoms with Crippen LogP contribution in [0.1, 0.15) is 33.1 Å². The number of hydrogen-bond acceptors (Lipinski definition) is 1. The van der Waals surface area contributed by atoms with Crippen LogP contribution in [0.2, 0.25) is 5.02 Å². The van der Waals surface area contributed by atoms with Crippen LogP contribution < -0.4 is 11.5 Å². The highest BCUT2D eigenvalue weighted by Gasteiger charge is 2.26. The summed E-state index contributed by atoms with van der Waals surface area (Å²) < 4.78 is 0. The second-order valence-corrected chi connectivity index (χ2v) is 5.89. The van der Waals surface area contributed by atoms with E-state index in [0.717, 1.165) is 12.8 Å². The van der Waals surface area contributed by atoms with Gasteiger partial charge in [-0.2, -0.15) is 4.99 Å². The Morgan fingerprint density at radius 2 is 1.71 bits per heavy atom. The van der Waals surface area contributed by atoms with Gasteiger partial charge in [-0.15, -0.1) is 0 Å². The van der Waals surface area contributed by atoms with Gasteiger partial charge in [0.05, 0.1) is 5.69 Å². The van der Waals surface area contributed by atoms with Gasteiger partial charge in [-0.1, -0.05) is 11.6 Å². The zero-order valence-electron chi connectivity index (χ0n) is 12.5. The molecule has 2 atom stereocenters. The van der Waals surface area contributed by atoms with E-state index < -0.39 is 0 Å². The van der Waals surface area contributed by atoms with Crippen molar-refractivity contribution in [2.75, 3.05) is 0 Å². The lowest BCUT2D eigenvalue weighted by Crippen LogP contribution is -2.51. The largest absolute Gasteiger partial charge is 0.369 e. The molecule has 0 radical (unpaired) electrons. The summed E-state index contributed by atoms with van der Waals surface area (Å²) in [6.45, 7) is 4.31. The smallest absolute Gasteiger partial charge is 0.223 e. The number of guanidine groups is 2. The molecule has 2 unspecified atom stereocenters. The fourth-order valence-electron chi connectivity index (χ4n) is 2.72. The quantitative estimate of drug-likeness (QED) is 0.618. The molecule has 1 heterocycles. The Morgan fingerprint density at radius 1 is 1.14 bits per heavy atom. The Balaban J connectivity index is 2.15. The van der Waals surface area contributed by atoms with Crippen LogP contribution in [0.4, 0.5) is 5.69 Å². The molecule has 0 spiro atoms. The monoisotopic (exact) mass is 307 g/mol. The summed E-state index contributed by atoms with van der Waals surface area (Å²) in [5.74, 6) is 0.588. The van der Waals surface area contributed by atoms with Crippen molar-refractivity contribution in [2.45, 2.75) is 45.2 Å². The van der Waals surface area contributed by atoms with E-state index in [0.29, 0.717) is 28.8 Å². The molecule has 0 saturated carbocycles. The van der Waals surface area contributed by atoms with E-state index >= 15 is 0 Å². The maximum absolute atomic E-state index is 6.10. The van der Waals surface area contributed by atoms with Gasteiger partial charge in [0, 0.05) is 17.1 Å². The third-order valence-corrected chi connectivity index (χ3v) is 4.01. The Kier molecular flexibility index (Phi) is 5.07. The van der Waals surface area contributed by atoms with E-state index in [9.17, 15) is 0 Å². The van der Waals surface area contributed by atoms with Gasteiger partial charge in [0.25, 0.3) is 0 Å². The molecule has 2 rings (SSSR count). The molecule has 6 heteroatoms. The van der Waals surface area contributed by atoms with Gasteiger partial charge in [0.2, 0.25) is 5.96 Å². The van der Waals surface area contributed by atoms with Crippen LogP contribution in [-0.2, 0) is 0 Å². The zero-order chi connectivity index (χ0) is 15.4. The molecule has 21 heavy (non-hydrogen) atoms. The lowest BCUT2D eigenvalue weighted by atomic mass is 9.98. The second-order valence-electron chi connectivity index (χ2n) is 5.45. The van der Waals surface area contributed by atoms with Gasteiger partial charge < -0.3 is 16.4 Å². The predicted molar refractivity (Wildman–Crippen MR) is 89.0 cm³/mol. The summed E-state index contributed by atoms with van der Waals surface area (Å²) in [6, 6.07) is 7.84. The molecule has 1 saturated heterocycles. The van der Waals surface area contributed by atoms with Gasteiger partial charge in [-0.3, -0.25) is 0 Å².